The highest BCUT2D eigenvalue weighted by Crippen LogP contribution is 2.30. The van der Waals surface area contributed by atoms with Crippen molar-refractivity contribution < 1.29 is 5.11 Å². The van der Waals surface area contributed by atoms with Crippen molar-refractivity contribution in [3.05, 3.63) is 71.8 Å². The van der Waals surface area contributed by atoms with Gasteiger partial charge in [-0.25, -0.2) is 4.98 Å². The van der Waals surface area contributed by atoms with Gasteiger partial charge in [0.1, 0.15) is 5.82 Å². The average Bonchev–Trinajstić information content (AvgIpc) is 3.29. The fourth-order valence-corrected chi connectivity index (χ4v) is 3.17. The van der Waals surface area contributed by atoms with Crippen molar-refractivity contribution in [2.45, 2.75) is 13.0 Å². The molecular weight excluding hydrogens is 340 g/mol. The highest BCUT2D eigenvalue weighted by molar-refractivity contribution is 6.13. The molecule has 2 heterocycles. The molecule has 27 heavy (non-hydrogen) atoms. The summed E-state index contributed by atoms with van der Waals surface area (Å²) in [6.07, 6.45) is 3.43. The van der Waals surface area contributed by atoms with Crippen LogP contribution >= 0.6 is 0 Å². The third-order valence-electron chi connectivity index (χ3n) is 4.53. The molecule has 0 bridgehead atoms. The number of hydrogen-bond donors (Lipinski definition) is 5. The Morgan fingerprint density at radius 3 is 2.67 bits per heavy atom. The van der Waals surface area contributed by atoms with Crippen molar-refractivity contribution in [1.29, 1.82) is 0 Å². The van der Waals surface area contributed by atoms with Crippen molar-refractivity contribution in [1.82, 2.24) is 15.0 Å². The monoisotopic (exact) mass is 360 g/mol. The number of aromatic amines is 2. The number of nitrogens with zero attached hydrogens (tertiary/aromatic N) is 2. The number of aromatic hydroxyl groups is 1. The number of nitrogens with one attached hydrogen (secondary N) is 2. The molecule has 136 valence electrons. The summed E-state index contributed by atoms with van der Waals surface area (Å²) in [5.41, 5.74) is 16.6. The van der Waals surface area contributed by atoms with E-state index in [2.05, 4.69) is 19.9 Å². The highest BCUT2D eigenvalue weighted by atomic mass is 16.3. The summed E-state index contributed by atoms with van der Waals surface area (Å²) >= 11 is 0. The van der Waals surface area contributed by atoms with Crippen LogP contribution < -0.4 is 11.5 Å². The first-order valence-corrected chi connectivity index (χ1v) is 8.53. The number of aliphatic imine (C=N–C) groups is 1. The minimum absolute atomic E-state index is 0.0771. The lowest BCUT2D eigenvalue weighted by atomic mass is 10.1. The van der Waals surface area contributed by atoms with Gasteiger partial charge in [-0.1, -0.05) is 12.1 Å². The molecule has 0 amide bonds. The summed E-state index contributed by atoms with van der Waals surface area (Å²) in [4.78, 5) is 14.8. The topological polar surface area (TPSA) is 129 Å². The predicted molar refractivity (Wildman–Crippen MR) is 107 cm³/mol. The van der Waals surface area contributed by atoms with Gasteiger partial charge in [0.25, 0.3) is 0 Å². The van der Waals surface area contributed by atoms with Crippen molar-refractivity contribution in [2.75, 3.05) is 5.73 Å². The van der Waals surface area contributed by atoms with Gasteiger partial charge in [-0.3, -0.25) is 4.99 Å². The van der Waals surface area contributed by atoms with Gasteiger partial charge in [0.15, 0.2) is 5.88 Å². The maximum absolute atomic E-state index is 10.3. The van der Waals surface area contributed by atoms with Crippen molar-refractivity contribution in [2.24, 2.45) is 10.7 Å². The van der Waals surface area contributed by atoms with E-state index >= 15 is 0 Å². The molecule has 7 heteroatoms. The standard InChI is InChI=1S/C20H20N6O/c1-11(17-15-10-13(21)4-7-16(15)26-20(17)27)25-14-5-2-12(3-6-14)18(22)19-23-8-9-24-19/h2-10,18,26-27H,21-22H2,1H3,(H,23,24). The molecule has 1 atom stereocenters. The van der Waals surface area contributed by atoms with Crippen LogP contribution in [0.1, 0.15) is 29.9 Å². The number of rotatable bonds is 4. The smallest absolute Gasteiger partial charge is 0.198 e. The van der Waals surface area contributed by atoms with Crippen molar-refractivity contribution in [3.8, 4) is 5.88 Å². The summed E-state index contributed by atoms with van der Waals surface area (Å²) in [5, 5.41) is 11.1. The Balaban J connectivity index is 1.66. The normalized spacial score (nSPS) is 13.2. The maximum Gasteiger partial charge on any atom is 0.198 e. The van der Waals surface area contributed by atoms with E-state index in [1.54, 1.807) is 18.5 Å². The lowest BCUT2D eigenvalue weighted by Crippen LogP contribution is -2.13. The number of imidazole rings is 1. The quantitative estimate of drug-likeness (QED) is 0.282. The van der Waals surface area contributed by atoms with Gasteiger partial charge >= 0.3 is 0 Å². The lowest BCUT2D eigenvalue weighted by Gasteiger charge is -2.09. The number of aromatic nitrogens is 3. The lowest BCUT2D eigenvalue weighted by molar-refractivity contribution is 0.457. The molecule has 0 saturated heterocycles. The second-order valence-corrected chi connectivity index (χ2v) is 6.39. The van der Waals surface area contributed by atoms with Crippen LogP contribution in [0.4, 0.5) is 11.4 Å². The molecule has 0 fully saturated rings. The van der Waals surface area contributed by atoms with Crippen LogP contribution in [0.2, 0.25) is 0 Å². The Morgan fingerprint density at radius 1 is 1.19 bits per heavy atom. The van der Waals surface area contributed by atoms with Crippen molar-refractivity contribution >= 4 is 28.0 Å². The molecular formula is C20H20N6O. The largest absolute Gasteiger partial charge is 0.494 e. The molecule has 4 aromatic rings. The minimum Gasteiger partial charge on any atom is -0.494 e. The fraction of sp³-hybridized carbons (Fsp3) is 0.100. The zero-order valence-electron chi connectivity index (χ0n) is 14.8. The van der Waals surface area contributed by atoms with E-state index < -0.39 is 0 Å². The van der Waals surface area contributed by atoms with Crippen LogP contribution in [0, 0.1) is 0 Å². The molecule has 4 rings (SSSR count). The molecule has 1 unspecified atom stereocenters. The number of nitrogens with two attached hydrogens (primary N) is 2. The van der Waals surface area contributed by atoms with Crippen LogP contribution in [0.25, 0.3) is 10.9 Å². The summed E-state index contributed by atoms with van der Waals surface area (Å²) < 4.78 is 0. The van der Waals surface area contributed by atoms with Gasteiger partial charge in [0.2, 0.25) is 0 Å². The van der Waals surface area contributed by atoms with Gasteiger partial charge in [-0.05, 0) is 42.8 Å². The first-order valence-electron chi connectivity index (χ1n) is 8.53. The zero-order chi connectivity index (χ0) is 19.0. The van der Waals surface area contributed by atoms with Gasteiger partial charge in [0.05, 0.1) is 23.0 Å². The molecule has 0 aliphatic rings. The Kier molecular flexibility index (Phi) is 4.13. The fourth-order valence-electron chi connectivity index (χ4n) is 3.17. The molecule has 0 aliphatic heterocycles. The number of fused-ring (bicyclic) bond motifs is 1. The second-order valence-electron chi connectivity index (χ2n) is 6.39. The zero-order valence-corrected chi connectivity index (χ0v) is 14.8. The van der Waals surface area contributed by atoms with Gasteiger partial charge < -0.3 is 26.5 Å². The van der Waals surface area contributed by atoms with E-state index in [4.69, 9.17) is 11.5 Å². The van der Waals surface area contributed by atoms with Gasteiger partial charge in [0, 0.05) is 29.0 Å². The van der Waals surface area contributed by atoms with Gasteiger partial charge in [-0.15, -0.1) is 0 Å². The van der Waals surface area contributed by atoms with E-state index in [9.17, 15) is 5.11 Å². The van der Waals surface area contributed by atoms with Crippen LogP contribution in [-0.2, 0) is 0 Å². The van der Waals surface area contributed by atoms with Gasteiger partial charge in [-0.2, -0.15) is 0 Å². The molecule has 0 saturated carbocycles. The maximum atomic E-state index is 10.3. The number of nitrogen functional groups attached to an aromatic ring is 1. The van der Waals surface area contributed by atoms with Crippen LogP contribution in [0.3, 0.4) is 0 Å². The highest BCUT2D eigenvalue weighted by Gasteiger charge is 2.14. The second kappa shape index (κ2) is 6.62. The Bertz CT molecular complexity index is 1110. The van der Waals surface area contributed by atoms with Crippen LogP contribution in [0.5, 0.6) is 5.88 Å². The van der Waals surface area contributed by atoms with E-state index in [1.807, 2.05) is 43.3 Å². The number of anilines is 1. The Morgan fingerprint density at radius 2 is 1.96 bits per heavy atom. The van der Waals surface area contributed by atoms with Crippen LogP contribution in [0.15, 0.2) is 59.9 Å². The number of hydrogen-bond acceptors (Lipinski definition) is 5. The van der Waals surface area contributed by atoms with Crippen molar-refractivity contribution in [3.63, 3.8) is 0 Å². The third kappa shape index (κ3) is 3.16. The SMILES string of the molecule is CC(=Nc1ccc(C(N)c2ncc[nH]2)cc1)c1c(O)[nH]c2ccc(N)cc12. The summed E-state index contributed by atoms with van der Waals surface area (Å²) in [7, 11) is 0. The molecule has 7 nitrogen and oxygen atoms in total. The predicted octanol–water partition coefficient (Wildman–Crippen LogP) is 3.37. The minimum atomic E-state index is -0.320. The van der Waals surface area contributed by atoms with Crippen LogP contribution in [-0.4, -0.2) is 25.8 Å². The third-order valence-corrected chi connectivity index (χ3v) is 4.53. The first kappa shape index (κ1) is 16.9. The summed E-state index contributed by atoms with van der Waals surface area (Å²) in [5.74, 6) is 0.789. The summed E-state index contributed by atoms with van der Waals surface area (Å²) in [6.45, 7) is 1.86. The van der Waals surface area contributed by atoms with E-state index in [0.29, 0.717) is 22.8 Å². The van der Waals surface area contributed by atoms with E-state index in [1.165, 1.54) is 0 Å². The van der Waals surface area contributed by atoms with E-state index in [0.717, 1.165) is 22.2 Å². The molecule has 7 N–H and O–H groups in total. The number of benzene rings is 2. The molecule has 0 aliphatic carbocycles. The Hall–Kier alpha value is -3.58. The summed E-state index contributed by atoms with van der Waals surface area (Å²) in [6, 6.07) is 12.8. The molecule has 2 aromatic heterocycles. The van der Waals surface area contributed by atoms with E-state index in [-0.39, 0.29) is 11.9 Å². The Labute approximate surface area is 155 Å². The average molecular weight is 360 g/mol. The first-order chi connectivity index (χ1) is 13.0. The molecule has 0 radical (unpaired) electrons. The molecule has 0 spiro atoms. The molecule has 2 aromatic carbocycles. The number of H-pyrrole nitrogens is 2.